The van der Waals surface area contributed by atoms with Crippen molar-refractivity contribution in [3.8, 4) is 0 Å². The van der Waals surface area contributed by atoms with Gasteiger partial charge in [-0.25, -0.2) is 0 Å². The van der Waals surface area contributed by atoms with Crippen LogP contribution in [0.15, 0.2) is 28.7 Å². The number of carbonyl (C=O) groups excluding carboxylic acids is 1. The number of rotatable bonds is 2. The van der Waals surface area contributed by atoms with E-state index in [0.717, 1.165) is 23.7 Å². The molecule has 0 aromatic heterocycles. The molecule has 2 rings (SSSR count). The van der Waals surface area contributed by atoms with E-state index in [1.165, 1.54) is 12.7 Å². The van der Waals surface area contributed by atoms with Crippen molar-refractivity contribution in [3.63, 3.8) is 0 Å². The fourth-order valence-corrected chi connectivity index (χ4v) is 2.66. The van der Waals surface area contributed by atoms with Crippen LogP contribution in [-0.4, -0.2) is 13.1 Å². The van der Waals surface area contributed by atoms with Gasteiger partial charge in [0, 0.05) is 4.47 Å². The van der Waals surface area contributed by atoms with Crippen LogP contribution in [0.4, 0.5) is 0 Å². The molecule has 3 heteroatoms. The normalized spacial score (nSPS) is 24.4. The third-order valence-corrected chi connectivity index (χ3v) is 3.84. The van der Waals surface area contributed by atoms with Gasteiger partial charge in [0.05, 0.1) is 13.0 Å². The lowest BCUT2D eigenvalue weighted by molar-refractivity contribution is -0.145. The molecule has 0 spiro atoms. The van der Waals surface area contributed by atoms with Gasteiger partial charge in [-0.05, 0) is 42.9 Å². The molecule has 1 aromatic carbocycles. The van der Waals surface area contributed by atoms with E-state index in [1.54, 1.807) is 0 Å². The first-order valence-corrected chi connectivity index (χ1v) is 6.33. The molecule has 0 aliphatic heterocycles. The number of esters is 1. The summed E-state index contributed by atoms with van der Waals surface area (Å²) in [4.78, 5) is 11.4. The van der Waals surface area contributed by atoms with Crippen LogP contribution in [0.3, 0.4) is 0 Å². The number of ether oxygens (including phenoxy) is 1. The van der Waals surface area contributed by atoms with Crippen molar-refractivity contribution in [1.29, 1.82) is 0 Å². The first-order valence-electron chi connectivity index (χ1n) is 5.54. The van der Waals surface area contributed by atoms with E-state index >= 15 is 0 Å². The maximum Gasteiger partial charge on any atom is 0.308 e. The van der Waals surface area contributed by atoms with Crippen molar-refractivity contribution >= 4 is 21.9 Å². The van der Waals surface area contributed by atoms with Gasteiger partial charge in [-0.1, -0.05) is 28.1 Å². The van der Waals surface area contributed by atoms with Gasteiger partial charge < -0.3 is 4.74 Å². The standard InChI is InChI=1S/C13H15BrO2/c1-16-13(15)11-3-2-10(8-11)9-4-6-12(14)7-5-9/h4-7,10-11H,2-3,8H2,1H3/t10-,11?/m0/s1. The number of methoxy groups -OCH3 is 1. The molecule has 0 saturated heterocycles. The Morgan fingerprint density at radius 2 is 2.00 bits per heavy atom. The molecule has 0 heterocycles. The average molecular weight is 283 g/mol. The highest BCUT2D eigenvalue weighted by Crippen LogP contribution is 2.38. The second kappa shape index (κ2) is 5.00. The Hall–Kier alpha value is -0.830. The van der Waals surface area contributed by atoms with Crippen molar-refractivity contribution in [1.82, 2.24) is 0 Å². The van der Waals surface area contributed by atoms with Gasteiger partial charge in [-0.15, -0.1) is 0 Å². The molecule has 1 fully saturated rings. The molecule has 0 bridgehead atoms. The van der Waals surface area contributed by atoms with Crippen LogP contribution < -0.4 is 0 Å². The SMILES string of the molecule is COC(=O)C1CC[C@H](c2ccc(Br)cc2)C1. The molecular weight excluding hydrogens is 268 g/mol. The second-order valence-electron chi connectivity index (χ2n) is 4.28. The molecule has 0 radical (unpaired) electrons. The molecule has 1 saturated carbocycles. The predicted octanol–water partition coefficient (Wildman–Crippen LogP) is 3.51. The van der Waals surface area contributed by atoms with Gasteiger partial charge in [0.1, 0.15) is 0 Å². The quantitative estimate of drug-likeness (QED) is 0.776. The summed E-state index contributed by atoms with van der Waals surface area (Å²) in [5.74, 6) is 0.551. The van der Waals surface area contributed by atoms with E-state index in [4.69, 9.17) is 4.74 Å². The van der Waals surface area contributed by atoms with Crippen molar-refractivity contribution in [2.75, 3.05) is 7.11 Å². The summed E-state index contributed by atoms with van der Waals surface area (Å²) in [5.41, 5.74) is 1.33. The van der Waals surface area contributed by atoms with Gasteiger partial charge >= 0.3 is 5.97 Å². The molecule has 0 amide bonds. The highest BCUT2D eigenvalue weighted by molar-refractivity contribution is 9.10. The van der Waals surface area contributed by atoms with Crippen LogP contribution in [0.2, 0.25) is 0 Å². The average Bonchev–Trinajstić information content (AvgIpc) is 2.78. The maximum absolute atomic E-state index is 11.4. The molecule has 86 valence electrons. The smallest absolute Gasteiger partial charge is 0.308 e. The zero-order valence-corrected chi connectivity index (χ0v) is 10.9. The lowest BCUT2D eigenvalue weighted by Crippen LogP contribution is -2.12. The lowest BCUT2D eigenvalue weighted by Gasteiger charge is -2.10. The summed E-state index contributed by atoms with van der Waals surface area (Å²) in [6.45, 7) is 0. The minimum Gasteiger partial charge on any atom is -0.469 e. The minimum atomic E-state index is -0.0559. The number of carbonyl (C=O) groups is 1. The predicted molar refractivity (Wildman–Crippen MR) is 66.2 cm³/mol. The summed E-state index contributed by atoms with van der Waals surface area (Å²) in [7, 11) is 1.47. The Kier molecular flexibility index (Phi) is 3.64. The summed E-state index contributed by atoms with van der Waals surface area (Å²) >= 11 is 3.43. The zero-order valence-electron chi connectivity index (χ0n) is 9.28. The van der Waals surface area contributed by atoms with Crippen molar-refractivity contribution in [2.45, 2.75) is 25.2 Å². The van der Waals surface area contributed by atoms with Gasteiger partial charge in [0.25, 0.3) is 0 Å². The molecule has 1 unspecified atom stereocenters. The molecule has 2 nitrogen and oxygen atoms in total. The third kappa shape index (κ3) is 2.46. The Bertz CT molecular complexity index is 372. The van der Waals surface area contributed by atoms with Gasteiger partial charge in [-0.2, -0.15) is 0 Å². The summed E-state index contributed by atoms with van der Waals surface area (Å²) < 4.78 is 5.89. The largest absolute Gasteiger partial charge is 0.469 e. The monoisotopic (exact) mass is 282 g/mol. The molecule has 1 aliphatic carbocycles. The summed E-state index contributed by atoms with van der Waals surface area (Å²) in [6.07, 6.45) is 2.96. The van der Waals surface area contributed by atoms with Gasteiger partial charge in [0.15, 0.2) is 0 Å². The van der Waals surface area contributed by atoms with E-state index in [2.05, 4.69) is 40.2 Å². The van der Waals surface area contributed by atoms with E-state index < -0.39 is 0 Å². The number of halogens is 1. The van der Waals surface area contributed by atoms with E-state index in [1.807, 2.05) is 0 Å². The van der Waals surface area contributed by atoms with E-state index in [9.17, 15) is 4.79 Å². The van der Waals surface area contributed by atoms with Crippen LogP contribution in [0.25, 0.3) is 0 Å². The van der Waals surface area contributed by atoms with Crippen LogP contribution in [0, 0.1) is 5.92 Å². The minimum absolute atomic E-state index is 0.0559. The molecular formula is C13H15BrO2. The van der Waals surface area contributed by atoms with Crippen LogP contribution in [0.1, 0.15) is 30.7 Å². The number of benzene rings is 1. The Morgan fingerprint density at radius 1 is 1.31 bits per heavy atom. The molecule has 0 N–H and O–H groups in total. The van der Waals surface area contributed by atoms with Gasteiger partial charge in [0.2, 0.25) is 0 Å². The first kappa shape index (κ1) is 11.6. The molecule has 16 heavy (non-hydrogen) atoms. The highest BCUT2D eigenvalue weighted by Gasteiger charge is 2.31. The molecule has 2 atom stereocenters. The number of hydrogen-bond donors (Lipinski definition) is 0. The summed E-state index contributed by atoms with van der Waals surface area (Å²) in [5, 5.41) is 0. The van der Waals surface area contributed by atoms with E-state index in [0.29, 0.717) is 5.92 Å². The highest BCUT2D eigenvalue weighted by atomic mass is 79.9. The summed E-state index contributed by atoms with van der Waals surface area (Å²) in [6, 6.07) is 8.38. The maximum atomic E-state index is 11.4. The van der Waals surface area contributed by atoms with Crippen molar-refractivity contribution in [2.24, 2.45) is 5.92 Å². The van der Waals surface area contributed by atoms with Crippen LogP contribution in [0.5, 0.6) is 0 Å². The first-order chi connectivity index (χ1) is 7.70. The molecule has 1 aromatic rings. The fraction of sp³-hybridized carbons (Fsp3) is 0.462. The third-order valence-electron chi connectivity index (χ3n) is 3.31. The zero-order chi connectivity index (χ0) is 11.5. The van der Waals surface area contributed by atoms with E-state index in [-0.39, 0.29) is 11.9 Å². The number of hydrogen-bond acceptors (Lipinski definition) is 2. The Balaban J connectivity index is 2.03. The second-order valence-corrected chi connectivity index (χ2v) is 5.20. The lowest BCUT2D eigenvalue weighted by atomic mass is 9.96. The van der Waals surface area contributed by atoms with Crippen molar-refractivity contribution < 1.29 is 9.53 Å². The fourth-order valence-electron chi connectivity index (χ4n) is 2.40. The Labute approximate surface area is 104 Å². The van der Waals surface area contributed by atoms with Crippen molar-refractivity contribution in [3.05, 3.63) is 34.3 Å². The van der Waals surface area contributed by atoms with Crippen LogP contribution >= 0.6 is 15.9 Å². The topological polar surface area (TPSA) is 26.3 Å². The van der Waals surface area contributed by atoms with Crippen LogP contribution in [-0.2, 0) is 9.53 Å². The molecule has 1 aliphatic rings. The van der Waals surface area contributed by atoms with Gasteiger partial charge in [-0.3, -0.25) is 4.79 Å². The Morgan fingerprint density at radius 3 is 2.62 bits per heavy atom.